The van der Waals surface area contributed by atoms with Crippen molar-refractivity contribution >= 4 is 11.9 Å². The number of hydrogen-bond donors (Lipinski definition) is 2. The fourth-order valence-corrected chi connectivity index (χ4v) is 4.84. The molecule has 0 unspecified atom stereocenters. The molecule has 3 rings (SSSR count). The van der Waals surface area contributed by atoms with Crippen LogP contribution in [0.2, 0.25) is 0 Å². The van der Waals surface area contributed by atoms with Gasteiger partial charge in [0.1, 0.15) is 0 Å². The van der Waals surface area contributed by atoms with E-state index in [-0.39, 0.29) is 5.54 Å². The molecule has 0 aliphatic carbocycles. The Labute approximate surface area is 176 Å². The highest BCUT2D eigenvalue weighted by atomic mass is 16.5. The van der Waals surface area contributed by atoms with Crippen molar-refractivity contribution in [2.24, 2.45) is 4.99 Å². The zero-order valence-electron chi connectivity index (χ0n) is 18.4. The van der Waals surface area contributed by atoms with E-state index in [4.69, 9.17) is 9.73 Å². The molecule has 0 aromatic rings. The maximum atomic E-state index is 12.1. The number of nitrogens with one attached hydrogen (secondary N) is 2. The van der Waals surface area contributed by atoms with Crippen LogP contribution in [0.15, 0.2) is 4.99 Å². The molecule has 2 N–H and O–H groups in total. The Morgan fingerprint density at radius 1 is 1.07 bits per heavy atom. The molecular weight excluding hydrogens is 366 g/mol. The number of rotatable bonds is 8. The molecule has 0 aromatic carbocycles. The predicted octanol–water partition coefficient (Wildman–Crippen LogP) is 1.98. The van der Waals surface area contributed by atoms with Crippen molar-refractivity contribution in [3.8, 4) is 0 Å². The maximum absolute atomic E-state index is 12.1. The third-order valence-electron chi connectivity index (χ3n) is 6.64. The molecule has 166 valence electrons. The molecule has 3 saturated heterocycles. The molecule has 3 fully saturated rings. The Morgan fingerprint density at radius 3 is 2.59 bits per heavy atom. The number of nitrogens with zero attached hydrogens (tertiary/aromatic N) is 3. The van der Waals surface area contributed by atoms with Gasteiger partial charge in [0.15, 0.2) is 5.96 Å². The van der Waals surface area contributed by atoms with Gasteiger partial charge in [0.25, 0.3) is 0 Å². The molecule has 0 atom stereocenters. The van der Waals surface area contributed by atoms with Gasteiger partial charge in [-0.3, -0.25) is 14.7 Å². The van der Waals surface area contributed by atoms with Crippen LogP contribution < -0.4 is 10.6 Å². The zero-order valence-corrected chi connectivity index (χ0v) is 18.4. The van der Waals surface area contributed by atoms with Crippen molar-refractivity contribution < 1.29 is 9.53 Å². The quantitative estimate of drug-likeness (QED) is 0.366. The predicted molar refractivity (Wildman–Crippen MR) is 117 cm³/mol. The normalized spacial score (nSPS) is 23.8. The van der Waals surface area contributed by atoms with Crippen molar-refractivity contribution in [1.82, 2.24) is 20.4 Å². The molecule has 7 nitrogen and oxygen atoms in total. The molecule has 0 bridgehead atoms. The van der Waals surface area contributed by atoms with E-state index >= 15 is 0 Å². The summed E-state index contributed by atoms with van der Waals surface area (Å²) in [6.07, 6.45) is 9.82. The lowest BCUT2D eigenvalue weighted by Gasteiger charge is -2.43. The number of likely N-dealkylation sites (tertiary alicyclic amines) is 2. The molecule has 3 aliphatic rings. The molecule has 3 heterocycles. The van der Waals surface area contributed by atoms with E-state index in [0.29, 0.717) is 5.91 Å². The maximum Gasteiger partial charge on any atom is 0.222 e. The second-order valence-corrected chi connectivity index (χ2v) is 8.70. The summed E-state index contributed by atoms with van der Waals surface area (Å²) in [5.74, 6) is 1.23. The summed E-state index contributed by atoms with van der Waals surface area (Å²) >= 11 is 0. The summed E-state index contributed by atoms with van der Waals surface area (Å²) in [5, 5.41) is 6.89. The van der Waals surface area contributed by atoms with Crippen LogP contribution in [0.3, 0.4) is 0 Å². The molecule has 0 spiro atoms. The Kier molecular flexibility index (Phi) is 9.05. The van der Waals surface area contributed by atoms with Crippen LogP contribution in [0.25, 0.3) is 0 Å². The van der Waals surface area contributed by atoms with Crippen LogP contribution in [-0.2, 0) is 9.53 Å². The highest BCUT2D eigenvalue weighted by Gasteiger charge is 2.39. The average Bonchev–Trinajstić information content (AvgIpc) is 3.22. The van der Waals surface area contributed by atoms with Crippen LogP contribution in [0.4, 0.5) is 0 Å². The minimum Gasteiger partial charge on any atom is -0.381 e. The first-order valence-electron chi connectivity index (χ1n) is 11.9. The third kappa shape index (κ3) is 6.57. The number of hydrogen-bond acceptors (Lipinski definition) is 4. The smallest absolute Gasteiger partial charge is 0.222 e. The van der Waals surface area contributed by atoms with E-state index in [1.807, 2.05) is 4.90 Å². The molecule has 0 radical (unpaired) electrons. The summed E-state index contributed by atoms with van der Waals surface area (Å²) in [6.45, 7) is 10.5. The van der Waals surface area contributed by atoms with Crippen molar-refractivity contribution in [2.75, 3.05) is 59.0 Å². The van der Waals surface area contributed by atoms with Crippen LogP contribution in [0.1, 0.15) is 64.7 Å². The Balaban J connectivity index is 1.49. The number of ether oxygens (including phenoxy) is 1. The van der Waals surface area contributed by atoms with Gasteiger partial charge in [0.2, 0.25) is 5.91 Å². The first kappa shape index (κ1) is 22.3. The van der Waals surface area contributed by atoms with Gasteiger partial charge >= 0.3 is 0 Å². The number of carbonyl (C=O) groups is 1. The fraction of sp³-hybridized carbons (Fsp3) is 0.909. The zero-order chi connectivity index (χ0) is 20.4. The minimum absolute atomic E-state index is 0.162. The molecule has 0 saturated carbocycles. The van der Waals surface area contributed by atoms with Crippen molar-refractivity contribution in [3.63, 3.8) is 0 Å². The molecule has 7 heteroatoms. The summed E-state index contributed by atoms with van der Waals surface area (Å²) in [5.41, 5.74) is 0.162. The van der Waals surface area contributed by atoms with Gasteiger partial charge in [-0.05, 0) is 65.0 Å². The SMILES string of the molecule is CCNC(=NCC1(N2CCCC2)CCOCC1)NCCCN1CCCCCC1=O. The first-order chi connectivity index (χ1) is 14.2. The first-order valence-corrected chi connectivity index (χ1v) is 11.9. The lowest BCUT2D eigenvalue weighted by Crippen LogP contribution is -2.54. The van der Waals surface area contributed by atoms with E-state index in [1.54, 1.807) is 0 Å². The van der Waals surface area contributed by atoms with Crippen molar-refractivity contribution in [2.45, 2.75) is 70.3 Å². The van der Waals surface area contributed by atoms with Gasteiger partial charge in [-0.15, -0.1) is 0 Å². The van der Waals surface area contributed by atoms with Gasteiger partial charge in [-0.1, -0.05) is 6.42 Å². The molecule has 3 aliphatic heterocycles. The van der Waals surface area contributed by atoms with E-state index in [0.717, 1.165) is 90.4 Å². The summed E-state index contributed by atoms with van der Waals surface area (Å²) < 4.78 is 5.65. The number of guanidine groups is 1. The largest absolute Gasteiger partial charge is 0.381 e. The van der Waals surface area contributed by atoms with Gasteiger partial charge in [-0.25, -0.2) is 0 Å². The summed E-state index contributed by atoms with van der Waals surface area (Å²) in [4.78, 5) is 21.8. The van der Waals surface area contributed by atoms with Crippen LogP contribution in [0.5, 0.6) is 0 Å². The summed E-state index contributed by atoms with van der Waals surface area (Å²) in [7, 11) is 0. The van der Waals surface area contributed by atoms with Gasteiger partial charge in [-0.2, -0.15) is 0 Å². The second kappa shape index (κ2) is 11.7. The Hall–Kier alpha value is -1.34. The third-order valence-corrected chi connectivity index (χ3v) is 6.64. The van der Waals surface area contributed by atoms with E-state index < -0.39 is 0 Å². The van der Waals surface area contributed by atoms with Crippen LogP contribution >= 0.6 is 0 Å². The van der Waals surface area contributed by atoms with Crippen molar-refractivity contribution in [3.05, 3.63) is 0 Å². The van der Waals surface area contributed by atoms with E-state index in [9.17, 15) is 4.79 Å². The number of amides is 1. The van der Waals surface area contributed by atoms with Gasteiger partial charge < -0.3 is 20.3 Å². The topological polar surface area (TPSA) is 69.2 Å². The molecule has 1 amide bonds. The highest BCUT2D eigenvalue weighted by molar-refractivity contribution is 5.79. The monoisotopic (exact) mass is 407 g/mol. The highest BCUT2D eigenvalue weighted by Crippen LogP contribution is 2.31. The lowest BCUT2D eigenvalue weighted by atomic mass is 9.88. The Morgan fingerprint density at radius 2 is 1.83 bits per heavy atom. The fourth-order valence-electron chi connectivity index (χ4n) is 4.84. The van der Waals surface area contributed by atoms with E-state index in [1.165, 1.54) is 32.4 Å². The standard InChI is InChI=1S/C22H41N5O2/c1-2-23-21(24-12-8-14-26-13-5-3-4-9-20(26)28)25-19-22(10-17-29-18-11-22)27-15-6-7-16-27/h2-19H2,1H3,(H2,23,24,25). The second-order valence-electron chi connectivity index (χ2n) is 8.70. The van der Waals surface area contributed by atoms with Gasteiger partial charge in [0.05, 0.1) is 6.54 Å². The number of carbonyl (C=O) groups excluding carboxylic acids is 1. The minimum atomic E-state index is 0.162. The average molecular weight is 408 g/mol. The van der Waals surface area contributed by atoms with Crippen LogP contribution in [0, 0.1) is 0 Å². The lowest BCUT2D eigenvalue weighted by molar-refractivity contribution is -0.130. The summed E-state index contributed by atoms with van der Waals surface area (Å²) in [6, 6.07) is 0. The Bertz CT molecular complexity index is 527. The van der Waals surface area contributed by atoms with Crippen LogP contribution in [-0.4, -0.2) is 86.2 Å². The number of aliphatic imine (C=N–C) groups is 1. The van der Waals surface area contributed by atoms with E-state index in [2.05, 4.69) is 22.5 Å². The molecular formula is C22H41N5O2. The molecule has 29 heavy (non-hydrogen) atoms. The molecule has 0 aromatic heterocycles. The van der Waals surface area contributed by atoms with Gasteiger partial charge in [0, 0.05) is 51.4 Å². The van der Waals surface area contributed by atoms with Crippen molar-refractivity contribution in [1.29, 1.82) is 0 Å².